The number of carbonyl (C=O) groups excluding carboxylic acids is 3. The van der Waals surface area contributed by atoms with Gasteiger partial charge in [-0.1, -0.05) is 23.7 Å². The number of nitrogens with zero attached hydrogens (tertiary/aromatic N) is 2. The van der Waals surface area contributed by atoms with Gasteiger partial charge in [-0.05, 0) is 71.4 Å². The summed E-state index contributed by atoms with van der Waals surface area (Å²) in [5.74, 6) is -1.37. The van der Waals surface area contributed by atoms with E-state index in [4.69, 9.17) is 21.1 Å². The summed E-state index contributed by atoms with van der Waals surface area (Å²) in [5.41, 5.74) is 0.192. The van der Waals surface area contributed by atoms with Gasteiger partial charge in [0, 0.05) is 19.7 Å². The van der Waals surface area contributed by atoms with Gasteiger partial charge < -0.3 is 24.4 Å². The Hall–Kier alpha value is -3.26. The van der Waals surface area contributed by atoms with Crippen molar-refractivity contribution < 1.29 is 29.0 Å². The lowest BCUT2D eigenvalue weighted by molar-refractivity contribution is -0.159. The Kier molecular flexibility index (Phi) is 9.38. The summed E-state index contributed by atoms with van der Waals surface area (Å²) in [5, 5.41) is 9.89. The zero-order valence-corrected chi connectivity index (χ0v) is 22.7. The number of anilines is 1. The number of carbonyl (C=O) groups is 3. The van der Waals surface area contributed by atoms with E-state index in [0.717, 1.165) is 0 Å². The number of phenolic OH excluding ortho intramolecular Hbond substituents is 1. The van der Waals surface area contributed by atoms with Crippen LogP contribution >= 0.6 is 11.6 Å². The van der Waals surface area contributed by atoms with Crippen molar-refractivity contribution in [1.82, 2.24) is 4.90 Å². The van der Waals surface area contributed by atoms with Crippen LogP contribution in [0.1, 0.15) is 57.5 Å². The Morgan fingerprint density at radius 1 is 0.917 bits per heavy atom. The molecule has 0 aliphatic carbocycles. The van der Waals surface area contributed by atoms with Gasteiger partial charge >= 0.3 is 11.9 Å². The molecular weight excluding hydrogens is 484 g/mol. The number of phenols is 1. The molecule has 0 fully saturated rings. The second-order valence-corrected chi connectivity index (χ2v) is 10.9. The Labute approximate surface area is 217 Å². The van der Waals surface area contributed by atoms with Crippen molar-refractivity contribution in [2.24, 2.45) is 0 Å². The van der Waals surface area contributed by atoms with Crippen LogP contribution in [0.2, 0.25) is 5.02 Å². The number of halogens is 1. The highest BCUT2D eigenvalue weighted by atomic mass is 35.5. The van der Waals surface area contributed by atoms with Gasteiger partial charge in [-0.25, -0.2) is 4.79 Å². The first kappa shape index (κ1) is 29.0. The van der Waals surface area contributed by atoms with Crippen molar-refractivity contribution in [2.45, 2.75) is 59.3 Å². The number of ether oxygens (including phenoxy) is 2. The lowest BCUT2D eigenvalue weighted by Gasteiger charge is -2.28. The fraction of sp³-hybridized carbons (Fsp3) is 0.444. The Morgan fingerprint density at radius 2 is 1.56 bits per heavy atom. The number of esters is 2. The van der Waals surface area contributed by atoms with E-state index in [1.54, 1.807) is 83.8 Å². The SMILES string of the molecule is CN(CC(=O)N(CC(=O)OC(C)(C)C)Cc1cccc(C(=O)OC(C)(C)C)c1)c1ccc(O)cc1Cl. The standard InChI is InChI=1S/C27H35ClN2O6/c1-26(2,3)35-24(33)17-30(23(32)16-29(7)22-12-11-20(31)14-21(22)28)15-18-9-8-10-19(13-18)25(34)36-27(4,5)6/h8-14,31H,15-17H2,1-7H3. The highest BCUT2D eigenvalue weighted by Gasteiger charge is 2.25. The minimum absolute atomic E-state index is 0.0138. The molecule has 196 valence electrons. The van der Waals surface area contributed by atoms with Gasteiger partial charge in [-0.2, -0.15) is 0 Å². The molecule has 0 radical (unpaired) electrons. The van der Waals surface area contributed by atoms with Crippen molar-refractivity contribution in [2.75, 3.05) is 25.0 Å². The number of hydrogen-bond donors (Lipinski definition) is 1. The topological polar surface area (TPSA) is 96.4 Å². The first-order valence-corrected chi connectivity index (χ1v) is 11.9. The summed E-state index contributed by atoms with van der Waals surface area (Å²) in [6, 6.07) is 11.2. The third-order valence-corrected chi connectivity index (χ3v) is 5.05. The van der Waals surface area contributed by atoms with Crippen LogP contribution in [0.5, 0.6) is 5.75 Å². The van der Waals surface area contributed by atoms with E-state index in [9.17, 15) is 19.5 Å². The number of amides is 1. The number of benzene rings is 2. The predicted octanol–water partition coefficient (Wildman–Crippen LogP) is 4.81. The van der Waals surface area contributed by atoms with Crippen LogP contribution in [0, 0.1) is 0 Å². The quantitative estimate of drug-likeness (QED) is 0.501. The average molecular weight is 519 g/mol. The van der Waals surface area contributed by atoms with Crippen LogP contribution < -0.4 is 4.90 Å². The normalized spacial score (nSPS) is 11.6. The smallest absolute Gasteiger partial charge is 0.338 e. The molecule has 0 bridgehead atoms. The zero-order chi connectivity index (χ0) is 27.3. The Morgan fingerprint density at radius 3 is 2.14 bits per heavy atom. The molecule has 0 saturated heterocycles. The molecular formula is C27H35ClN2O6. The van der Waals surface area contributed by atoms with Crippen molar-refractivity contribution in [3.8, 4) is 5.75 Å². The van der Waals surface area contributed by atoms with E-state index in [-0.39, 0.29) is 36.3 Å². The summed E-state index contributed by atoms with van der Waals surface area (Å²) in [6.07, 6.45) is 0. The van der Waals surface area contributed by atoms with Crippen LogP contribution in [0.15, 0.2) is 42.5 Å². The molecule has 0 heterocycles. The van der Waals surface area contributed by atoms with E-state index in [1.807, 2.05) is 0 Å². The maximum absolute atomic E-state index is 13.3. The molecule has 1 N–H and O–H groups in total. The van der Waals surface area contributed by atoms with Crippen molar-refractivity contribution in [3.63, 3.8) is 0 Å². The summed E-state index contributed by atoms with van der Waals surface area (Å²) >= 11 is 6.22. The van der Waals surface area contributed by atoms with Crippen LogP contribution in [0.3, 0.4) is 0 Å². The minimum Gasteiger partial charge on any atom is -0.508 e. The molecule has 0 atom stereocenters. The zero-order valence-electron chi connectivity index (χ0n) is 21.9. The molecule has 0 unspecified atom stereocenters. The summed E-state index contributed by atoms with van der Waals surface area (Å²) in [7, 11) is 1.69. The molecule has 0 aliphatic heterocycles. The van der Waals surface area contributed by atoms with Gasteiger partial charge in [0.05, 0.1) is 22.8 Å². The monoisotopic (exact) mass is 518 g/mol. The number of rotatable bonds is 8. The molecule has 2 aromatic rings. The summed E-state index contributed by atoms with van der Waals surface area (Å²) < 4.78 is 10.9. The van der Waals surface area contributed by atoms with E-state index >= 15 is 0 Å². The Balaban J connectivity index is 2.26. The molecule has 8 nitrogen and oxygen atoms in total. The number of hydrogen-bond acceptors (Lipinski definition) is 7. The largest absolute Gasteiger partial charge is 0.508 e. The van der Waals surface area contributed by atoms with Crippen LogP contribution in [-0.2, 0) is 25.6 Å². The number of likely N-dealkylation sites (N-methyl/N-ethyl adjacent to an activating group) is 1. The van der Waals surface area contributed by atoms with Gasteiger partial charge in [0.2, 0.25) is 5.91 Å². The lowest BCUT2D eigenvalue weighted by atomic mass is 10.1. The molecule has 0 aliphatic rings. The van der Waals surface area contributed by atoms with Crippen LogP contribution in [-0.4, -0.2) is 59.2 Å². The van der Waals surface area contributed by atoms with Crippen molar-refractivity contribution in [1.29, 1.82) is 0 Å². The van der Waals surface area contributed by atoms with Crippen LogP contribution in [0.4, 0.5) is 5.69 Å². The minimum atomic E-state index is -0.710. The molecule has 0 spiro atoms. The third-order valence-electron chi connectivity index (χ3n) is 4.74. The molecule has 36 heavy (non-hydrogen) atoms. The van der Waals surface area contributed by atoms with E-state index in [0.29, 0.717) is 16.8 Å². The van der Waals surface area contributed by atoms with E-state index in [2.05, 4.69) is 0 Å². The van der Waals surface area contributed by atoms with E-state index < -0.39 is 23.1 Å². The summed E-state index contributed by atoms with van der Waals surface area (Å²) in [4.78, 5) is 41.4. The van der Waals surface area contributed by atoms with Gasteiger partial charge in [0.1, 0.15) is 23.5 Å². The van der Waals surface area contributed by atoms with Crippen molar-refractivity contribution in [3.05, 3.63) is 58.6 Å². The maximum atomic E-state index is 13.3. The predicted molar refractivity (Wildman–Crippen MR) is 139 cm³/mol. The van der Waals surface area contributed by atoms with Gasteiger partial charge in [0.25, 0.3) is 0 Å². The molecule has 9 heteroatoms. The first-order valence-electron chi connectivity index (χ1n) is 11.6. The number of aromatic hydroxyl groups is 1. The van der Waals surface area contributed by atoms with Gasteiger partial charge in [-0.3, -0.25) is 9.59 Å². The van der Waals surface area contributed by atoms with Crippen molar-refractivity contribution >= 4 is 35.1 Å². The first-order chi connectivity index (χ1) is 16.5. The lowest BCUT2D eigenvalue weighted by Crippen LogP contribution is -2.43. The highest BCUT2D eigenvalue weighted by Crippen LogP contribution is 2.28. The average Bonchev–Trinajstić information content (AvgIpc) is 2.70. The third kappa shape index (κ3) is 9.41. The second kappa shape index (κ2) is 11.6. The van der Waals surface area contributed by atoms with Crippen LogP contribution in [0.25, 0.3) is 0 Å². The molecule has 2 rings (SSSR count). The fourth-order valence-corrected chi connectivity index (χ4v) is 3.63. The second-order valence-electron chi connectivity index (χ2n) is 10.5. The maximum Gasteiger partial charge on any atom is 0.338 e. The molecule has 2 aromatic carbocycles. The van der Waals surface area contributed by atoms with Gasteiger partial charge in [0.15, 0.2) is 0 Å². The van der Waals surface area contributed by atoms with E-state index in [1.165, 1.54) is 17.0 Å². The summed E-state index contributed by atoms with van der Waals surface area (Å²) in [6.45, 7) is 10.3. The van der Waals surface area contributed by atoms with Gasteiger partial charge in [-0.15, -0.1) is 0 Å². The molecule has 0 saturated carbocycles. The molecule has 0 aromatic heterocycles. The highest BCUT2D eigenvalue weighted by molar-refractivity contribution is 6.33. The Bertz CT molecular complexity index is 1100. The fourth-order valence-electron chi connectivity index (χ4n) is 3.31. The molecule has 1 amide bonds.